The third-order valence-electron chi connectivity index (χ3n) is 4.26. The highest BCUT2D eigenvalue weighted by atomic mass is 16.4. The number of carboxylic acids is 1. The van der Waals surface area contributed by atoms with Crippen molar-refractivity contribution in [3.63, 3.8) is 0 Å². The molecule has 0 saturated carbocycles. The lowest BCUT2D eigenvalue weighted by atomic mass is 10.0. The summed E-state index contributed by atoms with van der Waals surface area (Å²) in [6, 6.07) is 9.54. The van der Waals surface area contributed by atoms with Gasteiger partial charge in [0.25, 0.3) is 0 Å². The van der Waals surface area contributed by atoms with E-state index in [9.17, 15) is 9.90 Å². The molecule has 1 saturated heterocycles. The number of nitrogens with zero attached hydrogens (tertiary/aromatic N) is 2. The summed E-state index contributed by atoms with van der Waals surface area (Å²) in [7, 11) is 0. The SMILES string of the molecule is CC1CCCN(c2nc(C(=O)O)cc3ccccc23)CC1. The molecule has 4 heteroatoms. The van der Waals surface area contributed by atoms with Crippen LogP contribution in [0.25, 0.3) is 10.8 Å². The summed E-state index contributed by atoms with van der Waals surface area (Å²) >= 11 is 0. The molecular formula is C17H20N2O2. The number of aromatic nitrogens is 1. The molecule has 1 aromatic carbocycles. The molecule has 0 radical (unpaired) electrons. The van der Waals surface area contributed by atoms with Gasteiger partial charge in [-0.3, -0.25) is 0 Å². The normalized spacial score (nSPS) is 19.5. The maximum Gasteiger partial charge on any atom is 0.354 e. The number of hydrogen-bond donors (Lipinski definition) is 1. The van der Waals surface area contributed by atoms with Crippen molar-refractivity contribution < 1.29 is 9.90 Å². The lowest BCUT2D eigenvalue weighted by Crippen LogP contribution is -2.26. The number of hydrogen-bond acceptors (Lipinski definition) is 3. The highest BCUT2D eigenvalue weighted by Gasteiger charge is 2.19. The minimum absolute atomic E-state index is 0.126. The number of carbonyl (C=O) groups is 1. The van der Waals surface area contributed by atoms with Crippen molar-refractivity contribution in [3.8, 4) is 0 Å². The van der Waals surface area contributed by atoms with E-state index in [1.165, 1.54) is 6.42 Å². The summed E-state index contributed by atoms with van der Waals surface area (Å²) in [4.78, 5) is 18.0. The Kier molecular flexibility index (Phi) is 3.78. The number of rotatable bonds is 2. The quantitative estimate of drug-likeness (QED) is 0.916. The van der Waals surface area contributed by atoms with Gasteiger partial charge in [-0.25, -0.2) is 9.78 Å². The number of carboxylic acid groups (broad SMARTS) is 1. The molecule has 0 amide bonds. The van der Waals surface area contributed by atoms with Gasteiger partial charge in [-0.15, -0.1) is 0 Å². The summed E-state index contributed by atoms with van der Waals surface area (Å²) in [5.41, 5.74) is 0.126. The van der Waals surface area contributed by atoms with Crippen molar-refractivity contribution in [3.05, 3.63) is 36.0 Å². The first-order valence-corrected chi connectivity index (χ1v) is 7.53. The Balaban J connectivity index is 2.09. The van der Waals surface area contributed by atoms with Crippen molar-refractivity contribution in [2.75, 3.05) is 18.0 Å². The fraction of sp³-hybridized carbons (Fsp3) is 0.412. The van der Waals surface area contributed by atoms with Crippen LogP contribution in [0, 0.1) is 5.92 Å². The molecule has 3 rings (SSSR count). The van der Waals surface area contributed by atoms with Crippen molar-refractivity contribution in [1.82, 2.24) is 4.98 Å². The van der Waals surface area contributed by atoms with Crippen molar-refractivity contribution >= 4 is 22.6 Å². The second-order valence-electron chi connectivity index (χ2n) is 5.88. The van der Waals surface area contributed by atoms with E-state index >= 15 is 0 Å². The first kappa shape index (κ1) is 13.9. The molecule has 21 heavy (non-hydrogen) atoms. The van der Waals surface area contributed by atoms with E-state index in [-0.39, 0.29) is 5.69 Å². The van der Waals surface area contributed by atoms with E-state index in [1.54, 1.807) is 6.07 Å². The van der Waals surface area contributed by atoms with Crippen molar-refractivity contribution in [2.45, 2.75) is 26.2 Å². The zero-order valence-corrected chi connectivity index (χ0v) is 12.2. The van der Waals surface area contributed by atoms with Crippen molar-refractivity contribution in [2.24, 2.45) is 5.92 Å². The largest absolute Gasteiger partial charge is 0.477 e. The van der Waals surface area contributed by atoms with Gasteiger partial charge >= 0.3 is 5.97 Å². The average Bonchev–Trinajstić information content (AvgIpc) is 2.70. The Morgan fingerprint density at radius 2 is 2.10 bits per heavy atom. The molecule has 1 aliphatic rings. The number of benzene rings is 1. The highest BCUT2D eigenvalue weighted by Crippen LogP contribution is 2.28. The molecule has 1 fully saturated rings. The zero-order chi connectivity index (χ0) is 14.8. The number of anilines is 1. The second kappa shape index (κ2) is 5.72. The summed E-state index contributed by atoms with van der Waals surface area (Å²) in [6.07, 6.45) is 3.49. The van der Waals surface area contributed by atoms with Crippen LogP contribution in [-0.2, 0) is 0 Å². The number of fused-ring (bicyclic) bond motifs is 1. The lowest BCUT2D eigenvalue weighted by Gasteiger charge is -2.23. The van der Waals surface area contributed by atoms with Crippen LogP contribution >= 0.6 is 0 Å². The fourth-order valence-electron chi connectivity index (χ4n) is 3.01. The van der Waals surface area contributed by atoms with Gasteiger partial charge in [0.05, 0.1) is 0 Å². The third-order valence-corrected chi connectivity index (χ3v) is 4.26. The van der Waals surface area contributed by atoms with E-state index in [4.69, 9.17) is 0 Å². The molecule has 0 aliphatic carbocycles. The van der Waals surface area contributed by atoms with Gasteiger partial charge in [0.15, 0.2) is 5.69 Å². The molecule has 1 unspecified atom stereocenters. The number of aromatic carboxylic acids is 1. The Bertz CT molecular complexity index is 669. The van der Waals surface area contributed by atoms with Crippen LogP contribution in [0.5, 0.6) is 0 Å². The molecule has 110 valence electrons. The van der Waals surface area contributed by atoms with E-state index in [0.717, 1.165) is 48.4 Å². The van der Waals surface area contributed by atoms with Crippen LogP contribution in [0.4, 0.5) is 5.82 Å². The summed E-state index contributed by atoms with van der Waals surface area (Å²) in [5, 5.41) is 11.3. The van der Waals surface area contributed by atoms with Gasteiger partial charge in [-0.1, -0.05) is 31.2 Å². The van der Waals surface area contributed by atoms with Gasteiger partial charge in [-0.2, -0.15) is 0 Å². The molecule has 0 spiro atoms. The minimum atomic E-state index is -0.967. The maximum atomic E-state index is 11.3. The average molecular weight is 284 g/mol. The smallest absolute Gasteiger partial charge is 0.354 e. The van der Waals surface area contributed by atoms with E-state index < -0.39 is 5.97 Å². The summed E-state index contributed by atoms with van der Waals surface area (Å²) in [5.74, 6) is 0.578. The second-order valence-corrected chi connectivity index (χ2v) is 5.88. The molecule has 1 atom stereocenters. The summed E-state index contributed by atoms with van der Waals surface area (Å²) < 4.78 is 0. The minimum Gasteiger partial charge on any atom is -0.477 e. The van der Waals surface area contributed by atoms with Gasteiger partial charge < -0.3 is 10.0 Å². The van der Waals surface area contributed by atoms with Crippen LogP contribution in [0.3, 0.4) is 0 Å². The zero-order valence-electron chi connectivity index (χ0n) is 12.2. The number of pyridine rings is 1. The topological polar surface area (TPSA) is 53.4 Å². The van der Waals surface area contributed by atoms with Gasteiger partial charge in [-0.05, 0) is 36.6 Å². The molecule has 4 nitrogen and oxygen atoms in total. The third kappa shape index (κ3) is 2.84. The Labute approximate surface area is 124 Å². The van der Waals surface area contributed by atoms with Gasteiger partial charge in [0.2, 0.25) is 0 Å². The van der Waals surface area contributed by atoms with Crippen molar-refractivity contribution in [1.29, 1.82) is 0 Å². The van der Waals surface area contributed by atoms with E-state index in [0.29, 0.717) is 0 Å². The molecule has 2 aromatic rings. The van der Waals surface area contributed by atoms with Gasteiger partial charge in [0, 0.05) is 18.5 Å². The molecule has 0 bridgehead atoms. The first-order chi connectivity index (χ1) is 10.1. The Morgan fingerprint density at radius 1 is 1.29 bits per heavy atom. The maximum absolute atomic E-state index is 11.3. The molecule has 1 aromatic heterocycles. The lowest BCUT2D eigenvalue weighted by molar-refractivity contribution is 0.0691. The van der Waals surface area contributed by atoms with E-state index in [1.807, 2.05) is 24.3 Å². The Morgan fingerprint density at radius 3 is 2.90 bits per heavy atom. The predicted octanol–water partition coefficient (Wildman–Crippen LogP) is 3.56. The standard InChI is InChI=1S/C17H20N2O2/c1-12-5-4-9-19(10-8-12)16-14-7-3-2-6-13(14)11-15(18-16)17(20)21/h2-3,6-7,11-12H,4-5,8-10H2,1H3,(H,20,21). The monoisotopic (exact) mass is 284 g/mol. The Hall–Kier alpha value is -2.10. The first-order valence-electron chi connectivity index (χ1n) is 7.53. The highest BCUT2D eigenvalue weighted by molar-refractivity contribution is 5.98. The van der Waals surface area contributed by atoms with Crippen LogP contribution < -0.4 is 4.90 Å². The summed E-state index contributed by atoms with van der Waals surface area (Å²) in [6.45, 7) is 4.17. The molecular weight excluding hydrogens is 264 g/mol. The van der Waals surface area contributed by atoms with Gasteiger partial charge in [0.1, 0.15) is 5.82 Å². The molecule has 2 heterocycles. The van der Waals surface area contributed by atoms with E-state index in [2.05, 4.69) is 16.8 Å². The molecule has 1 N–H and O–H groups in total. The molecule has 1 aliphatic heterocycles. The van der Waals surface area contributed by atoms with Crippen LogP contribution in [0.2, 0.25) is 0 Å². The van der Waals surface area contributed by atoms with Crippen LogP contribution in [-0.4, -0.2) is 29.1 Å². The van der Waals surface area contributed by atoms with Crippen LogP contribution in [0.1, 0.15) is 36.7 Å². The predicted molar refractivity (Wildman–Crippen MR) is 83.9 cm³/mol. The fourth-order valence-corrected chi connectivity index (χ4v) is 3.01. The van der Waals surface area contributed by atoms with Crippen LogP contribution in [0.15, 0.2) is 30.3 Å².